The molecule has 0 fully saturated rings. The van der Waals surface area contributed by atoms with Gasteiger partial charge >= 0.3 is 0 Å². The van der Waals surface area contributed by atoms with Crippen LogP contribution < -0.4 is 15.6 Å². The van der Waals surface area contributed by atoms with E-state index >= 15 is 0 Å². The van der Waals surface area contributed by atoms with E-state index in [4.69, 9.17) is 9.72 Å². The quantitative estimate of drug-likeness (QED) is 0.304. The van der Waals surface area contributed by atoms with Crippen molar-refractivity contribution in [2.24, 2.45) is 0 Å². The van der Waals surface area contributed by atoms with Gasteiger partial charge in [-0.05, 0) is 55.8 Å². The van der Waals surface area contributed by atoms with E-state index in [0.29, 0.717) is 34.1 Å². The number of halogens is 1. The van der Waals surface area contributed by atoms with Crippen molar-refractivity contribution in [2.75, 3.05) is 18.2 Å². The number of anilines is 1. The molecule has 0 saturated heterocycles. The molecule has 1 amide bonds. The number of aryl methyl sites for hydroxylation is 2. The van der Waals surface area contributed by atoms with E-state index in [2.05, 4.69) is 10.4 Å². The van der Waals surface area contributed by atoms with Crippen molar-refractivity contribution in [3.63, 3.8) is 0 Å². The highest BCUT2D eigenvalue weighted by molar-refractivity contribution is 7.99. The number of hydrogen-bond donors (Lipinski definition) is 1. The fourth-order valence-electron chi connectivity index (χ4n) is 3.54. The number of rotatable bonds is 8. The molecule has 1 N–H and O–H groups in total. The standard InChI is InChI=1S/C24H24FN5O3S/c1-4-30-22-21(15(2)28-30)27-24(34-14-20(31)26-18-9-7-17(25)8-10-18)29(23(22)32)13-16-5-11-19(33-3)12-6-16/h5-12H,4,13-14H2,1-3H3,(H,26,31). The molecule has 0 unspecified atom stereocenters. The van der Waals surface area contributed by atoms with Crippen LogP contribution in [0.5, 0.6) is 5.75 Å². The minimum Gasteiger partial charge on any atom is -0.497 e. The fourth-order valence-corrected chi connectivity index (χ4v) is 4.33. The smallest absolute Gasteiger partial charge is 0.280 e. The molecular formula is C24H24FN5O3S. The second-order valence-electron chi connectivity index (χ2n) is 7.58. The molecule has 2 aromatic heterocycles. The number of methoxy groups -OCH3 is 1. The Morgan fingerprint density at radius 1 is 1.15 bits per heavy atom. The summed E-state index contributed by atoms with van der Waals surface area (Å²) in [5.74, 6) is 0.0774. The van der Waals surface area contributed by atoms with Crippen LogP contribution in [-0.2, 0) is 17.9 Å². The lowest BCUT2D eigenvalue weighted by atomic mass is 10.2. The number of thioether (sulfide) groups is 1. The van der Waals surface area contributed by atoms with E-state index < -0.39 is 0 Å². The number of benzene rings is 2. The summed E-state index contributed by atoms with van der Waals surface area (Å²) in [7, 11) is 1.59. The van der Waals surface area contributed by atoms with Crippen LogP contribution in [-0.4, -0.2) is 38.1 Å². The molecular weight excluding hydrogens is 457 g/mol. The second-order valence-corrected chi connectivity index (χ2v) is 8.52. The molecule has 0 radical (unpaired) electrons. The number of carbonyl (C=O) groups excluding carboxylic acids is 1. The van der Waals surface area contributed by atoms with Crippen molar-refractivity contribution >= 4 is 34.4 Å². The van der Waals surface area contributed by atoms with Crippen molar-refractivity contribution in [1.82, 2.24) is 19.3 Å². The van der Waals surface area contributed by atoms with E-state index in [9.17, 15) is 14.0 Å². The first-order valence-corrected chi connectivity index (χ1v) is 11.7. The Morgan fingerprint density at radius 2 is 1.85 bits per heavy atom. The maximum absolute atomic E-state index is 13.5. The topological polar surface area (TPSA) is 91.0 Å². The van der Waals surface area contributed by atoms with E-state index in [1.165, 1.54) is 24.3 Å². The zero-order valence-electron chi connectivity index (χ0n) is 19.0. The Hall–Kier alpha value is -3.66. The predicted molar refractivity (Wildman–Crippen MR) is 130 cm³/mol. The molecule has 4 rings (SSSR count). The Balaban J connectivity index is 1.66. The lowest BCUT2D eigenvalue weighted by Gasteiger charge is -2.13. The lowest BCUT2D eigenvalue weighted by molar-refractivity contribution is -0.113. The van der Waals surface area contributed by atoms with Crippen LogP contribution >= 0.6 is 11.8 Å². The van der Waals surface area contributed by atoms with E-state index in [0.717, 1.165) is 23.1 Å². The first-order chi connectivity index (χ1) is 16.4. The largest absolute Gasteiger partial charge is 0.497 e. The monoisotopic (exact) mass is 481 g/mol. The molecule has 0 aliphatic rings. The zero-order chi connectivity index (χ0) is 24.2. The average molecular weight is 482 g/mol. The van der Waals surface area contributed by atoms with Gasteiger partial charge in [0, 0.05) is 12.2 Å². The van der Waals surface area contributed by atoms with Crippen LogP contribution in [0, 0.1) is 12.7 Å². The molecule has 0 aliphatic heterocycles. The summed E-state index contributed by atoms with van der Waals surface area (Å²) in [6.07, 6.45) is 0. The Morgan fingerprint density at radius 3 is 2.50 bits per heavy atom. The van der Waals surface area contributed by atoms with E-state index in [-0.39, 0.29) is 29.6 Å². The lowest BCUT2D eigenvalue weighted by Crippen LogP contribution is -2.26. The molecule has 0 saturated carbocycles. The third-order valence-electron chi connectivity index (χ3n) is 5.24. The summed E-state index contributed by atoms with van der Waals surface area (Å²) in [6.45, 7) is 4.55. The van der Waals surface area contributed by atoms with Crippen LogP contribution in [0.2, 0.25) is 0 Å². The molecule has 10 heteroatoms. The molecule has 176 valence electrons. The van der Waals surface area contributed by atoms with E-state index in [1.807, 2.05) is 38.1 Å². The minimum absolute atomic E-state index is 0.0267. The van der Waals surface area contributed by atoms with Gasteiger partial charge in [0.2, 0.25) is 5.91 Å². The molecule has 2 heterocycles. The molecule has 4 aromatic rings. The van der Waals surface area contributed by atoms with Crippen molar-refractivity contribution in [3.8, 4) is 5.75 Å². The number of fused-ring (bicyclic) bond motifs is 1. The number of hydrogen-bond acceptors (Lipinski definition) is 6. The van der Waals surface area contributed by atoms with E-state index in [1.54, 1.807) is 16.4 Å². The average Bonchev–Trinajstić information content (AvgIpc) is 3.17. The van der Waals surface area contributed by atoms with Gasteiger partial charge in [0.25, 0.3) is 5.56 Å². The number of nitrogens with one attached hydrogen (secondary N) is 1. The molecule has 0 bridgehead atoms. The van der Waals surface area contributed by atoms with Crippen LogP contribution in [0.15, 0.2) is 58.5 Å². The Kier molecular flexibility index (Phi) is 6.97. The summed E-state index contributed by atoms with van der Waals surface area (Å²) in [4.78, 5) is 30.7. The molecule has 0 spiro atoms. The molecule has 34 heavy (non-hydrogen) atoms. The van der Waals surface area contributed by atoms with Gasteiger partial charge in [-0.1, -0.05) is 23.9 Å². The van der Waals surface area contributed by atoms with Crippen LogP contribution in [0.3, 0.4) is 0 Å². The second kappa shape index (κ2) is 10.1. The number of carbonyl (C=O) groups is 1. The highest BCUT2D eigenvalue weighted by Crippen LogP contribution is 2.22. The van der Waals surface area contributed by atoms with Gasteiger partial charge in [-0.15, -0.1) is 0 Å². The van der Waals surface area contributed by atoms with Gasteiger partial charge in [-0.25, -0.2) is 9.37 Å². The van der Waals surface area contributed by atoms with Gasteiger partial charge < -0.3 is 10.1 Å². The Labute approximate surface area is 199 Å². The van der Waals surface area contributed by atoms with Crippen molar-refractivity contribution in [3.05, 3.63) is 76.0 Å². The third-order valence-corrected chi connectivity index (χ3v) is 6.22. The third kappa shape index (κ3) is 4.96. The van der Waals surface area contributed by atoms with Crippen LogP contribution in [0.1, 0.15) is 18.2 Å². The van der Waals surface area contributed by atoms with Crippen LogP contribution in [0.4, 0.5) is 10.1 Å². The summed E-state index contributed by atoms with van der Waals surface area (Å²) < 4.78 is 21.5. The van der Waals surface area contributed by atoms with Gasteiger partial charge in [0.15, 0.2) is 10.7 Å². The molecule has 0 atom stereocenters. The SMILES string of the molecule is CCn1nc(C)c2nc(SCC(=O)Nc3ccc(F)cc3)n(Cc3ccc(OC)cc3)c(=O)c21. The van der Waals surface area contributed by atoms with Gasteiger partial charge in [0.1, 0.15) is 17.1 Å². The van der Waals surface area contributed by atoms with Crippen molar-refractivity contribution < 1.29 is 13.9 Å². The molecule has 8 nitrogen and oxygen atoms in total. The number of nitrogens with zero attached hydrogens (tertiary/aromatic N) is 4. The van der Waals surface area contributed by atoms with Crippen molar-refractivity contribution in [2.45, 2.75) is 32.1 Å². The number of aromatic nitrogens is 4. The Bertz CT molecular complexity index is 1380. The molecule has 0 aliphatic carbocycles. The molecule has 2 aromatic carbocycles. The highest BCUT2D eigenvalue weighted by Gasteiger charge is 2.19. The maximum Gasteiger partial charge on any atom is 0.280 e. The summed E-state index contributed by atoms with van der Waals surface area (Å²) in [5, 5.41) is 7.59. The first-order valence-electron chi connectivity index (χ1n) is 10.7. The normalized spacial score (nSPS) is 11.1. The highest BCUT2D eigenvalue weighted by atomic mass is 32.2. The minimum atomic E-state index is -0.379. The van der Waals surface area contributed by atoms with Crippen molar-refractivity contribution in [1.29, 1.82) is 0 Å². The summed E-state index contributed by atoms with van der Waals surface area (Å²) in [6, 6.07) is 13.0. The number of amides is 1. The van der Waals surface area contributed by atoms with Gasteiger partial charge in [-0.2, -0.15) is 5.10 Å². The predicted octanol–water partition coefficient (Wildman–Crippen LogP) is 3.85. The first kappa shape index (κ1) is 23.5. The van der Waals surface area contributed by atoms with Gasteiger partial charge in [0.05, 0.1) is 25.1 Å². The fraction of sp³-hybridized carbons (Fsp3) is 0.250. The number of ether oxygens (including phenoxy) is 1. The van der Waals surface area contributed by atoms with Gasteiger partial charge in [-0.3, -0.25) is 18.8 Å². The maximum atomic E-state index is 13.5. The van der Waals surface area contributed by atoms with Crippen LogP contribution in [0.25, 0.3) is 11.0 Å². The summed E-state index contributed by atoms with van der Waals surface area (Å²) >= 11 is 1.16. The summed E-state index contributed by atoms with van der Waals surface area (Å²) in [5.41, 5.74) is 2.79. The zero-order valence-corrected chi connectivity index (χ0v) is 19.9.